The van der Waals surface area contributed by atoms with Gasteiger partial charge in [0.15, 0.2) is 0 Å². The first-order chi connectivity index (χ1) is 10.4. The molecule has 22 heavy (non-hydrogen) atoms. The number of methoxy groups -OCH3 is 1. The van der Waals surface area contributed by atoms with E-state index in [0.29, 0.717) is 12.1 Å². The van der Waals surface area contributed by atoms with Gasteiger partial charge >= 0.3 is 0 Å². The van der Waals surface area contributed by atoms with E-state index in [0.717, 1.165) is 16.9 Å². The molecule has 0 saturated heterocycles. The van der Waals surface area contributed by atoms with Gasteiger partial charge in [0.1, 0.15) is 5.75 Å². The Hall–Kier alpha value is -2.36. The van der Waals surface area contributed by atoms with Crippen molar-refractivity contribution in [2.45, 2.75) is 32.7 Å². The monoisotopic (exact) mass is 298 g/mol. The fourth-order valence-electron chi connectivity index (χ4n) is 2.23. The summed E-state index contributed by atoms with van der Waals surface area (Å²) in [5.41, 5.74) is 2.72. The molecule has 1 heterocycles. The largest absolute Gasteiger partial charge is 0.496 e. The molecular formula is C18H22N2O2. The molecule has 4 heteroatoms. The van der Waals surface area contributed by atoms with Crippen LogP contribution in [0.3, 0.4) is 0 Å². The van der Waals surface area contributed by atoms with E-state index in [1.54, 1.807) is 31.6 Å². The van der Waals surface area contributed by atoms with Crippen molar-refractivity contribution in [3.05, 3.63) is 59.4 Å². The second-order valence-corrected chi connectivity index (χ2v) is 6.21. The fraction of sp³-hybridized carbons (Fsp3) is 0.333. The minimum Gasteiger partial charge on any atom is -0.496 e. The molecule has 1 aromatic heterocycles. The van der Waals surface area contributed by atoms with Crippen molar-refractivity contribution < 1.29 is 9.53 Å². The summed E-state index contributed by atoms with van der Waals surface area (Å²) < 4.78 is 5.43. The van der Waals surface area contributed by atoms with Gasteiger partial charge in [0, 0.05) is 18.9 Å². The van der Waals surface area contributed by atoms with Gasteiger partial charge in [-0.25, -0.2) is 0 Å². The average Bonchev–Trinajstić information content (AvgIpc) is 2.52. The van der Waals surface area contributed by atoms with Gasteiger partial charge in [-0.3, -0.25) is 9.78 Å². The van der Waals surface area contributed by atoms with Gasteiger partial charge in [0.2, 0.25) is 0 Å². The Morgan fingerprint density at radius 2 is 2.05 bits per heavy atom. The number of benzene rings is 1. The molecule has 2 aromatic rings. The summed E-state index contributed by atoms with van der Waals surface area (Å²) in [5.74, 6) is 0.746. The molecule has 0 unspecified atom stereocenters. The van der Waals surface area contributed by atoms with E-state index in [-0.39, 0.29) is 11.3 Å². The van der Waals surface area contributed by atoms with Gasteiger partial charge in [-0.15, -0.1) is 0 Å². The summed E-state index contributed by atoms with van der Waals surface area (Å²) in [6, 6.07) is 9.50. The maximum atomic E-state index is 12.0. The number of ether oxygens (including phenoxy) is 1. The molecule has 0 aliphatic rings. The van der Waals surface area contributed by atoms with Gasteiger partial charge < -0.3 is 10.1 Å². The number of nitrogens with zero attached hydrogens (tertiary/aromatic N) is 1. The Morgan fingerprint density at radius 1 is 1.27 bits per heavy atom. The number of rotatable bonds is 4. The summed E-state index contributed by atoms with van der Waals surface area (Å²) in [6.07, 6.45) is 3.21. The Morgan fingerprint density at radius 3 is 2.64 bits per heavy atom. The average molecular weight is 298 g/mol. The van der Waals surface area contributed by atoms with Gasteiger partial charge in [0.05, 0.1) is 12.7 Å². The summed E-state index contributed by atoms with van der Waals surface area (Å²) in [4.78, 5) is 16.0. The molecule has 0 bridgehead atoms. The molecule has 116 valence electrons. The van der Waals surface area contributed by atoms with Gasteiger partial charge in [-0.1, -0.05) is 26.8 Å². The molecule has 2 rings (SSSR count). The van der Waals surface area contributed by atoms with Crippen LogP contribution in [0, 0.1) is 0 Å². The summed E-state index contributed by atoms with van der Waals surface area (Å²) in [5, 5.41) is 2.91. The third-order valence-corrected chi connectivity index (χ3v) is 3.45. The summed E-state index contributed by atoms with van der Waals surface area (Å²) in [6.45, 7) is 6.90. The number of carbonyl (C=O) groups is 1. The SMILES string of the molecule is COc1ccc(CNC(=O)c2cccnc2)cc1C(C)(C)C. The number of pyridine rings is 1. The van der Waals surface area contributed by atoms with Gasteiger partial charge in [-0.05, 0) is 40.8 Å². The second-order valence-electron chi connectivity index (χ2n) is 6.21. The van der Waals surface area contributed by atoms with Crippen LogP contribution < -0.4 is 10.1 Å². The molecule has 0 aliphatic carbocycles. The van der Waals surface area contributed by atoms with Crippen molar-refractivity contribution in [1.29, 1.82) is 0 Å². The number of nitrogens with one attached hydrogen (secondary N) is 1. The maximum absolute atomic E-state index is 12.0. The Labute approximate surface area is 131 Å². The minimum absolute atomic E-state index is 0.0191. The van der Waals surface area contributed by atoms with Crippen LogP contribution in [-0.4, -0.2) is 18.0 Å². The topological polar surface area (TPSA) is 51.2 Å². The Kier molecular flexibility index (Phi) is 4.81. The lowest BCUT2D eigenvalue weighted by Gasteiger charge is -2.23. The van der Waals surface area contributed by atoms with Gasteiger partial charge in [-0.2, -0.15) is 0 Å². The lowest BCUT2D eigenvalue weighted by Crippen LogP contribution is -2.23. The quantitative estimate of drug-likeness (QED) is 0.942. The smallest absolute Gasteiger partial charge is 0.253 e. The zero-order valence-electron chi connectivity index (χ0n) is 13.5. The lowest BCUT2D eigenvalue weighted by atomic mass is 9.85. The predicted octanol–water partition coefficient (Wildman–Crippen LogP) is 3.32. The van der Waals surface area contributed by atoms with Crippen LogP contribution in [0.25, 0.3) is 0 Å². The van der Waals surface area contributed by atoms with Crippen LogP contribution in [0.1, 0.15) is 42.3 Å². The zero-order chi connectivity index (χ0) is 16.2. The molecule has 4 nitrogen and oxygen atoms in total. The fourth-order valence-corrected chi connectivity index (χ4v) is 2.23. The third kappa shape index (κ3) is 3.85. The zero-order valence-corrected chi connectivity index (χ0v) is 13.5. The van der Waals surface area contributed by atoms with Crippen molar-refractivity contribution in [3.8, 4) is 5.75 Å². The minimum atomic E-state index is -0.124. The van der Waals surface area contributed by atoms with Crippen molar-refractivity contribution in [2.24, 2.45) is 0 Å². The number of carbonyl (C=O) groups excluding carboxylic acids is 1. The molecule has 1 aromatic carbocycles. The first-order valence-electron chi connectivity index (χ1n) is 7.27. The van der Waals surface area contributed by atoms with Crippen LogP contribution in [0.2, 0.25) is 0 Å². The van der Waals surface area contributed by atoms with E-state index in [9.17, 15) is 4.79 Å². The highest BCUT2D eigenvalue weighted by Crippen LogP contribution is 2.31. The van der Waals surface area contributed by atoms with Crippen molar-refractivity contribution in [1.82, 2.24) is 10.3 Å². The van der Waals surface area contributed by atoms with E-state index in [2.05, 4.69) is 37.1 Å². The molecule has 0 radical (unpaired) electrons. The van der Waals surface area contributed by atoms with Crippen LogP contribution in [0.4, 0.5) is 0 Å². The van der Waals surface area contributed by atoms with E-state index in [1.165, 1.54) is 0 Å². The van der Waals surface area contributed by atoms with Crippen LogP contribution in [0.15, 0.2) is 42.7 Å². The van der Waals surface area contributed by atoms with Crippen LogP contribution in [0.5, 0.6) is 5.75 Å². The summed E-state index contributed by atoms with van der Waals surface area (Å²) in [7, 11) is 1.68. The molecular weight excluding hydrogens is 276 g/mol. The third-order valence-electron chi connectivity index (χ3n) is 3.45. The maximum Gasteiger partial charge on any atom is 0.253 e. The highest BCUT2D eigenvalue weighted by Gasteiger charge is 2.19. The molecule has 1 amide bonds. The van der Waals surface area contributed by atoms with Crippen molar-refractivity contribution in [3.63, 3.8) is 0 Å². The number of hydrogen-bond acceptors (Lipinski definition) is 3. The molecule has 0 saturated carbocycles. The van der Waals surface area contributed by atoms with E-state index in [4.69, 9.17) is 4.74 Å². The lowest BCUT2D eigenvalue weighted by molar-refractivity contribution is 0.0950. The normalized spacial score (nSPS) is 11.1. The Bertz CT molecular complexity index is 646. The predicted molar refractivity (Wildman–Crippen MR) is 87.1 cm³/mol. The van der Waals surface area contributed by atoms with Crippen LogP contribution in [-0.2, 0) is 12.0 Å². The molecule has 0 spiro atoms. The highest BCUT2D eigenvalue weighted by molar-refractivity contribution is 5.93. The number of amides is 1. The highest BCUT2D eigenvalue weighted by atomic mass is 16.5. The van der Waals surface area contributed by atoms with Crippen molar-refractivity contribution in [2.75, 3.05) is 7.11 Å². The standard InChI is InChI=1S/C18H22N2O2/c1-18(2,3)15-10-13(7-8-16(15)22-4)11-20-17(21)14-6-5-9-19-12-14/h5-10,12H,11H2,1-4H3,(H,20,21). The first kappa shape index (κ1) is 16.0. The van der Waals surface area contributed by atoms with E-state index in [1.807, 2.05) is 12.1 Å². The van der Waals surface area contributed by atoms with Gasteiger partial charge in [0.25, 0.3) is 5.91 Å². The molecule has 1 N–H and O–H groups in total. The van der Waals surface area contributed by atoms with E-state index >= 15 is 0 Å². The molecule has 0 aliphatic heterocycles. The molecule has 0 atom stereocenters. The molecule has 0 fully saturated rings. The number of aromatic nitrogens is 1. The Balaban J connectivity index is 2.12. The first-order valence-corrected chi connectivity index (χ1v) is 7.27. The number of hydrogen-bond donors (Lipinski definition) is 1. The van der Waals surface area contributed by atoms with Crippen molar-refractivity contribution >= 4 is 5.91 Å². The van der Waals surface area contributed by atoms with Crippen LogP contribution >= 0.6 is 0 Å². The second kappa shape index (κ2) is 6.60. The summed E-state index contributed by atoms with van der Waals surface area (Å²) >= 11 is 0. The van der Waals surface area contributed by atoms with E-state index < -0.39 is 0 Å².